The standard InChI is InChI=1S/C14H16N2O4S/c1-14(6-7-21(18,19)9-14)15-13(17)8-11-10-4-2-3-5-12(10)20-16-11/h2-5H,6-9H2,1H3,(H,15,17). The van der Waals surface area contributed by atoms with Crippen molar-refractivity contribution in [2.24, 2.45) is 0 Å². The average Bonchev–Trinajstić information content (AvgIpc) is 2.91. The van der Waals surface area contributed by atoms with Crippen molar-refractivity contribution < 1.29 is 17.7 Å². The first-order valence-electron chi connectivity index (χ1n) is 6.72. The molecule has 6 nitrogen and oxygen atoms in total. The number of rotatable bonds is 3. The van der Waals surface area contributed by atoms with Crippen molar-refractivity contribution in [2.45, 2.75) is 25.3 Å². The van der Waals surface area contributed by atoms with Crippen molar-refractivity contribution in [3.63, 3.8) is 0 Å². The van der Waals surface area contributed by atoms with E-state index in [0.717, 1.165) is 5.39 Å². The molecule has 1 fully saturated rings. The minimum Gasteiger partial charge on any atom is -0.356 e. The Morgan fingerprint density at radius 1 is 1.43 bits per heavy atom. The number of nitrogens with one attached hydrogen (secondary N) is 1. The Kier molecular flexibility index (Phi) is 3.24. The second-order valence-corrected chi connectivity index (χ2v) is 7.94. The zero-order valence-electron chi connectivity index (χ0n) is 11.6. The minimum atomic E-state index is -3.05. The Labute approximate surface area is 122 Å². The van der Waals surface area contributed by atoms with Gasteiger partial charge in [-0.1, -0.05) is 17.3 Å². The number of benzene rings is 1. The van der Waals surface area contributed by atoms with Gasteiger partial charge in [0.1, 0.15) is 5.69 Å². The summed E-state index contributed by atoms with van der Waals surface area (Å²) in [6.45, 7) is 1.76. The highest BCUT2D eigenvalue weighted by atomic mass is 32.2. The molecule has 2 aromatic rings. The molecule has 1 saturated heterocycles. The van der Waals surface area contributed by atoms with Gasteiger partial charge in [-0.05, 0) is 25.5 Å². The fourth-order valence-corrected chi connectivity index (χ4v) is 4.80. The topological polar surface area (TPSA) is 89.3 Å². The van der Waals surface area contributed by atoms with Gasteiger partial charge in [-0.15, -0.1) is 0 Å². The molecular weight excluding hydrogens is 292 g/mol. The summed E-state index contributed by atoms with van der Waals surface area (Å²) in [5.74, 6) is -0.129. The van der Waals surface area contributed by atoms with Crippen molar-refractivity contribution in [1.29, 1.82) is 0 Å². The van der Waals surface area contributed by atoms with Crippen LogP contribution >= 0.6 is 0 Å². The van der Waals surface area contributed by atoms with Gasteiger partial charge < -0.3 is 9.84 Å². The van der Waals surface area contributed by atoms with Crippen LogP contribution in [0.3, 0.4) is 0 Å². The number of carbonyl (C=O) groups excluding carboxylic acids is 1. The Hall–Kier alpha value is -1.89. The van der Waals surface area contributed by atoms with Gasteiger partial charge in [-0.3, -0.25) is 4.79 Å². The van der Waals surface area contributed by atoms with Crippen molar-refractivity contribution >= 4 is 26.7 Å². The lowest BCUT2D eigenvalue weighted by Crippen LogP contribution is -2.47. The number of fused-ring (bicyclic) bond motifs is 1. The lowest BCUT2D eigenvalue weighted by Gasteiger charge is -2.23. The van der Waals surface area contributed by atoms with Gasteiger partial charge in [0.25, 0.3) is 0 Å². The normalized spacial score (nSPS) is 24.2. The predicted molar refractivity (Wildman–Crippen MR) is 77.5 cm³/mol. The molecule has 1 unspecified atom stereocenters. The molecule has 3 rings (SSSR count). The van der Waals surface area contributed by atoms with Crippen LogP contribution in [0, 0.1) is 0 Å². The molecule has 21 heavy (non-hydrogen) atoms. The Bertz CT molecular complexity index is 796. The quantitative estimate of drug-likeness (QED) is 0.916. The van der Waals surface area contributed by atoms with Crippen LogP contribution in [0.2, 0.25) is 0 Å². The highest BCUT2D eigenvalue weighted by Gasteiger charge is 2.39. The number of nitrogens with zero attached hydrogens (tertiary/aromatic N) is 1. The van der Waals surface area contributed by atoms with Gasteiger partial charge in [-0.25, -0.2) is 8.42 Å². The van der Waals surface area contributed by atoms with E-state index in [9.17, 15) is 13.2 Å². The van der Waals surface area contributed by atoms with Crippen molar-refractivity contribution in [3.8, 4) is 0 Å². The molecule has 1 atom stereocenters. The summed E-state index contributed by atoms with van der Waals surface area (Å²) in [6.07, 6.45) is 0.521. The van der Waals surface area contributed by atoms with Gasteiger partial charge >= 0.3 is 0 Å². The van der Waals surface area contributed by atoms with Crippen LogP contribution in [0.4, 0.5) is 0 Å². The van der Waals surface area contributed by atoms with E-state index in [2.05, 4.69) is 10.5 Å². The van der Waals surface area contributed by atoms with Gasteiger partial charge in [-0.2, -0.15) is 0 Å². The third-order valence-electron chi connectivity index (χ3n) is 3.72. The Morgan fingerprint density at radius 2 is 2.19 bits per heavy atom. The van der Waals surface area contributed by atoms with Crippen LogP contribution in [0.5, 0.6) is 0 Å². The maximum Gasteiger partial charge on any atom is 0.226 e. The number of amides is 1. The van der Waals surface area contributed by atoms with Crippen LogP contribution in [-0.2, 0) is 21.1 Å². The van der Waals surface area contributed by atoms with Gasteiger partial charge in [0, 0.05) is 5.39 Å². The second-order valence-electron chi connectivity index (χ2n) is 5.75. The molecule has 1 aromatic heterocycles. The first kappa shape index (κ1) is 14.1. The first-order valence-corrected chi connectivity index (χ1v) is 8.54. The summed E-state index contributed by atoms with van der Waals surface area (Å²) >= 11 is 0. The molecule has 0 saturated carbocycles. The molecule has 1 aromatic carbocycles. The van der Waals surface area contributed by atoms with E-state index in [0.29, 0.717) is 17.7 Å². The smallest absolute Gasteiger partial charge is 0.226 e. The molecule has 0 spiro atoms. The van der Waals surface area contributed by atoms with Crippen LogP contribution in [0.1, 0.15) is 19.0 Å². The molecule has 0 bridgehead atoms. The number of aromatic nitrogens is 1. The molecule has 2 heterocycles. The summed E-state index contributed by atoms with van der Waals surface area (Å²) in [5, 5.41) is 7.52. The number of para-hydroxylation sites is 1. The molecule has 0 aliphatic carbocycles. The highest BCUT2D eigenvalue weighted by Crippen LogP contribution is 2.23. The van der Waals surface area contributed by atoms with Crippen molar-refractivity contribution in [3.05, 3.63) is 30.0 Å². The zero-order valence-corrected chi connectivity index (χ0v) is 12.4. The fourth-order valence-electron chi connectivity index (χ4n) is 2.71. The number of hydrogen-bond acceptors (Lipinski definition) is 5. The largest absolute Gasteiger partial charge is 0.356 e. The van der Waals surface area contributed by atoms with E-state index < -0.39 is 15.4 Å². The van der Waals surface area contributed by atoms with E-state index in [4.69, 9.17) is 4.52 Å². The monoisotopic (exact) mass is 308 g/mol. The lowest BCUT2D eigenvalue weighted by atomic mass is 10.0. The molecule has 112 valence electrons. The summed E-state index contributed by atoms with van der Waals surface area (Å²) in [7, 11) is -3.05. The average molecular weight is 308 g/mol. The van der Waals surface area contributed by atoms with Crippen LogP contribution in [0.25, 0.3) is 11.0 Å². The van der Waals surface area contributed by atoms with Crippen LogP contribution < -0.4 is 5.32 Å². The zero-order chi connectivity index (χ0) is 15.1. The number of hydrogen-bond donors (Lipinski definition) is 1. The Morgan fingerprint density at radius 3 is 2.90 bits per heavy atom. The van der Waals surface area contributed by atoms with E-state index in [1.807, 2.05) is 18.2 Å². The van der Waals surface area contributed by atoms with Crippen LogP contribution in [-0.4, -0.2) is 36.5 Å². The highest BCUT2D eigenvalue weighted by molar-refractivity contribution is 7.91. The third kappa shape index (κ3) is 2.92. The minimum absolute atomic E-state index is 0.00863. The van der Waals surface area contributed by atoms with Crippen LogP contribution in [0.15, 0.2) is 28.8 Å². The molecule has 0 radical (unpaired) electrons. The maximum atomic E-state index is 12.1. The predicted octanol–water partition coefficient (Wildman–Crippen LogP) is 1.06. The second kappa shape index (κ2) is 4.84. The van der Waals surface area contributed by atoms with E-state index in [1.165, 1.54) is 0 Å². The first-order chi connectivity index (χ1) is 9.87. The molecular formula is C14H16N2O4S. The Balaban J connectivity index is 1.73. The molecule has 1 aliphatic heterocycles. The molecule has 1 N–H and O–H groups in total. The fraction of sp³-hybridized carbons (Fsp3) is 0.429. The third-order valence-corrected chi connectivity index (χ3v) is 5.63. The van der Waals surface area contributed by atoms with Crippen molar-refractivity contribution in [2.75, 3.05) is 11.5 Å². The molecule has 1 amide bonds. The van der Waals surface area contributed by atoms with E-state index in [1.54, 1.807) is 13.0 Å². The molecule has 7 heteroatoms. The van der Waals surface area contributed by atoms with Gasteiger partial charge in [0.05, 0.1) is 23.5 Å². The summed E-state index contributed by atoms with van der Waals surface area (Å²) in [4.78, 5) is 12.1. The summed E-state index contributed by atoms with van der Waals surface area (Å²) < 4.78 is 28.2. The van der Waals surface area contributed by atoms with E-state index >= 15 is 0 Å². The summed E-state index contributed by atoms with van der Waals surface area (Å²) in [6, 6.07) is 7.32. The van der Waals surface area contributed by atoms with Gasteiger partial charge in [0.2, 0.25) is 5.91 Å². The summed E-state index contributed by atoms with van der Waals surface area (Å²) in [5.41, 5.74) is 0.512. The van der Waals surface area contributed by atoms with E-state index in [-0.39, 0.29) is 23.8 Å². The SMILES string of the molecule is CC1(NC(=O)Cc2noc3ccccc23)CCS(=O)(=O)C1. The van der Waals surface area contributed by atoms with Gasteiger partial charge in [0.15, 0.2) is 15.4 Å². The number of sulfone groups is 1. The maximum absolute atomic E-state index is 12.1. The number of carbonyl (C=O) groups is 1. The van der Waals surface area contributed by atoms with Crippen molar-refractivity contribution in [1.82, 2.24) is 10.5 Å². The lowest BCUT2D eigenvalue weighted by molar-refractivity contribution is -0.122. The molecule has 1 aliphatic rings.